The Labute approximate surface area is 179 Å². The minimum Gasteiger partial charge on any atom is -0.497 e. The van der Waals surface area contributed by atoms with Crippen molar-refractivity contribution in [2.24, 2.45) is 0 Å². The van der Waals surface area contributed by atoms with Gasteiger partial charge in [-0.3, -0.25) is 0 Å². The van der Waals surface area contributed by atoms with E-state index in [2.05, 4.69) is 10.1 Å². The van der Waals surface area contributed by atoms with Gasteiger partial charge >= 0.3 is 0 Å². The topological polar surface area (TPSA) is 94.8 Å². The number of ether oxygens (including phenoxy) is 2. The Morgan fingerprint density at radius 3 is 2.52 bits per heavy atom. The molecule has 3 aromatic rings. The van der Waals surface area contributed by atoms with Crippen LogP contribution in [0.4, 0.5) is 4.39 Å². The van der Waals surface area contributed by atoms with Gasteiger partial charge in [-0.25, -0.2) is 12.8 Å². The van der Waals surface area contributed by atoms with Crippen molar-refractivity contribution in [2.75, 3.05) is 27.3 Å². The molecule has 1 saturated heterocycles. The van der Waals surface area contributed by atoms with E-state index in [0.29, 0.717) is 24.5 Å². The first-order chi connectivity index (χ1) is 14.9. The molecular weight excluding hydrogens is 425 g/mol. The van der Waals surface area contributed by atoms with Crippen molar-refractivity contribution in [1.82, 2.24) is 14.4 Å². The first-order valence-electron chi connectivity index (χ1n) is 9.74. The van der Waals surface area contributed by atoms with E-state index >= 15 is 0 Å². The van der Waals surface area contributed by atoms with E-state index in [1.807, 2.05) is 0 Å². The van der Waals surface area contributed by atoms with Gasteiger partial charge in [0.25, 0.3) is 0 Å². The van der Waals surface area contributed by atoms with Crippen LogP contribution in [0, 0.1) is 5.82 Å². The maximum atomic E-state index is 14.0. The van der Waals surface area contributed by atoms with E-state index < -0.39 is 15.8 Å². The maximum absolute atomic E-state index is 14.0. The summed E-state index contributed by atoms with van der Waals surface area (Å²) < 4.78 is 57.5. The maximum Gasteiger partial charge on any atom is 0.246 e. The SMILES string of the molecule is COc1ccc(OC)c(S(=O)(=O)N2CCC(c3nc(-c4ccccc4F)no3)CC2)c1. The molecule has 0 aliphatic carbocycles. The number of piperidine rings is 1. The Morgan fingerprint density at radius 1 is 1.10 bits per heavy atom. The van der Waals surface area contributed by atoms with Crippen molar-refractivity contribution < 1.29 is 26.8 Å². The van der Waals surface area contributed by atoms with Crippen LogP contribution in [-0.2, 0) is 10.0 Å². The highest BCUT2D eigenvalue weighted by atomic mass is 32.2. The van der Waals surface area contributed by atoms with Crippen LogP contribution < -0.4 is 9.47 Å². The van der Waals surface area contributed by atoms with Crippen molar-refractivity contribution in [3.8, 4) is 22.9 Å². The summed E-state index contributed by atoms with van der Waals surface area (Å²) in [6.07, 6.45) is 1.01. The van der Waals surface area contributed by atoms with E-state index in [0.717, 1.165) is 0 Å². The van der Waals surface area contributed by atoms with Crippen LogP contribution in [0.25, 0.3) is 11.4 Å². The average molecular weight is 447 g/mol. The lowest BCUT2D eigenvalue weighted by atomic mass is 9.98. The highest BCUT2D eigenvalue weighted by molar-refractivity contribution is 7.89. The second-order valence-corrected chi connectivity index (χ2v) is 9.04. The molecule has 1 aliphatic heterocycles. The summed E-state index contributed by atoms with van der Waals surface area (Å²) >= 11 is 0. The van der Waals surface area contributed by atoms with Crippen molar-refractivity contribution in [3.05, 3.63) is 54.2 Å². The van der Waals surface area contributed by atoms with Gasteiger partial charge < -0.3 is 14.0 Å². The second kappa shape index (κ2) is 8.64. The third-order valence-corrected chi connectivity index (χ3v) is 7.27. The largest absolute Gasteiger partial charge is 0.497 e. The molecule has 0 N–H and O–H groups in total. The van der Waals surface area contributed by atoms with E-state index in [-0.39, 0.29) is 41.0 Å². The molecule has 0 bridgehead atoms. The summed E-state index contributed by atoms with van der Waals surface area (Å²) in [6.45, 7) is 0.565. The average Bonchev–Trinajstić information content (AvgIpc) is 3.29. The molecule has 0 radical (unpaired) electrons. The highest BCUT2D eigenvalue weighted by Gasteiger charge is 2.34. The van der Waals surface area contributed by atoms with Gasteiger partial charge in [-0.15, -0.1) is 0 Å². The van der Waals surface area contributed by atoms with Crippen LogP contribution in [0.3, 0.4) is 0 Å². The van der Waals surface area contributed by atoms with Crippen molar-refractivity contribution in [2.45, 2.75) is 23.7 Å². The minimum absolute atomic E-state index is 0.0624. The quantitative estimate of drug-likeness (QED) is 0.571. The summed E-state index contributed by atoms with van der Waals surface area (Å²) in [4.78, 5) is 4.40. The van der Waals surface area contributed by atoms with Gasteiger partial charge in [0.15, 0.2) is 0 Å². The monoisotopic (exact) mass is 447 g/mol. The molecule has 0 spiro atoms. The molecule has 2 heterocycles. The van der Waals surface area contributed by atoms with Crippen LogP contribution >= 0.6 is 0 Å². The first-order valence-corrected chi connectivity index (χ1v) is 11.2. The molecule has 1 aliphatic rings. The predicted octanol–water partition coefficient (Wildman–Crippen LogP) is 3.46. The molecule has 10 heteroatoms. The molecular formula is C21H22FN3O5S. The minimum atomic E-state index is -3.77. The lowest BCUT2D eigenvalue weighted by Gasteiger charge is -2.30. The highest BCUT2D eigenvalue weighted by Crippen LogP contribution is 2.35. The number of methoxy groups -OCH3 is 2. The number of sulfonamides is 1. The number of hydrogen-bond donors (Lipinski definition) is 0. The molecule has 0 unspecified atom stereocenters. The fourth-order valence-corrected chi connectivity index (χ4v) is 5.26. The van der Waals surface area contributed by atoms with Gasteiger partial charge in [-0.1, -0.05) is 17.3 Å². The van der Waals surface area contributed by atoms with Gasteiger partial charge in [-0.2, -0.15) is 9.29 Å². The zero-order chi connectivity index (χ0) is 22.0. The van der Waals surface area contributed by atoms with Gasteiger partial charge in [0.05, 0.1) is 19.8 Å². The van der Waals surface area contributed by atoms with E-state index in [1.165, 1.54) is 30.7 Å². The molecule has 164 valence electrons. The number of nitrogens with zero attached hydrogens (tertiary/aromatic N) is 3. The Kier molecular flexibility index (Phi) is 5.92. The Hall–Kier alpha value is -2.98. The Bertz CT molecular complexity index is 1170. The third kappa shape index (κ3) is 4.13. The van der Waals surface area contributed by atoms with E-state index in [1.54, 1.807) is 30.3 Å². The van der Waals surface area contributed by atoms with Crippen molar-refractivity contribution in [1.29, 1.82) is 0 Å². The van der Waals surface area contributed by atoms with Crippen molar-refractivity contribution >= 4 is 10.0 Å². The van der Waals surface area contributed by atoms with Crippen LogP contribution in [-0.4, -0.2) is 50.2 Å². The summed E-state index contributed by atoms with van der Waals surface area (Å²) in [7, 11) is -0.872. The molecule has 4 rings (SSSR count). The number of aromatic nitrogens is 2. The van der Waals surface area contributed by atoms with Gasteiger partial charge in [0.1, 0.15) is 22.2 Å². The lowest BCUT2D eigenvalue weighted by molar-refractivity contribution is 0.270. The van der Waals surface area contributed by atoms with E-state index in [4.69, 9.17) is 14.0 Å². The predicted molar refractivity (Wildman–Crippen MR) is 110 cm³/mol. The molecule has 31 heavy (non-hydrogen) atoms. The van der Waals surface area contributed by atoms with Gasteiger partial charge in [-0.05, 0) is 37.1 Å². The molecule has 2 aromatic carbocycles. The molecule has 0 atom stereocenters. The fraction of sp³-hybridized carbons (Fsp3) is 0.333. The first kappa shape index (κ1) is 21.3. The van der Waals surface area contributed by atoms with Crippen LogP contribution in [0.2, 0.25) is 0 Å². The smallest absolute Gasteiger partial charge is 0.246 e. The van der Waals surface area contributed by atoms with Crippen LogP contribution in [0.15, 0.2) is 51.9 Å². The summed E-state index contributed by atoms with van der Waals surface area (Å²) in [6, 6.07) is 10.9. The lowest BCUT2D eigenvalue weighted by Crippen LogP contribution is -2.38. The molecule has 8 nitrogen and oxygen atoms in total. The van der Waals surface area contributed by atoms with Gasteiger partial charge in [0, 0.05) is 25.1 Å². The van der Waals surface area contributed by atoms with E-state index in [9.17, 15) is 12.8 Å². The summed E-state index contributed by atoms with van der Waals surface area (Å²) in [5.41, 5.74) is 0.266. The Morgan fingerprint density at radius 2 is 1.84 bits per heavy atom. The van der Waals surface area contributed by atoms with Crippen molar-refractivity contribution in [3.63, 3.8) is 0 Å². The zero-order valence-electron chi connectivity index (χ0n) is 17.1. The number of halogens is 1. The second-order valence-electron chi connectivity index (χ2n) is 7.13. The standard InChI is InChI=1S/C21H22FN3O5S/c1-28-15-7-8-18(29-2)19(13-15)31(26,27)25-11-9-14(10-12-25)21-23-20(24-30-21)16-5-3-4-6-17(16)22/h3-8,13-14H,9-12H2,1-2H3. The third-order valence-electron chi connectivity index (χ3n) is 5.35. The van der Waals surface area contributed by atoms with Gasteiger partial charge in [0.2, 0.25) is 21.7 Å². The molecule has 0 saturated carbocycles. The molecule has 1 fully saturated rings. The van der Waals surface area contributed by atoms with Crippen LogP contribution in [0.1, 0.15) is 24.7 Å². The fourth-order valence-electron chi connectivity index (χ4n) is 3.62. The Balaban J connectivity index is 1.50. The number of hydrogen-bond acceptors (Lipinski definition) is 7. The number of rotatable bonds is 6. The molecule has 0 amide bonds. The summed E-state index contributed by atoms with van der Waals surface area (Å²) in [5, 5.41) is 3.89. The normalized spacial score (nSPS) is 15.7. The summed E-state index contributed by atoms with van der Waals surface area (Å²) in [5.74, 6) is 0.725. The zero-order valence-corrected chi connectivity index (χ0v) is 17.9. The van der Waals surface area contributed by atoms with Crippen LogP contribution in [0.5, 0.6) is 11.5 Å². The number of benzene rings is 2. The molecule has 1 aromatic heterocycles.